The van der Waals surface area contributed by atoms with Crippen LogP contribution in [-0.2, 0) is 6.54 Å². The molecule has 0 aliphatic carbocycles. The van der Waals surface area contributed by atoms with E-state index >= 15 is 0 Å². The summed E-state index contributed by atoms with van der Waals surface area (Å²) in [4.78, 5) is 4.20. The zero-order chi connectivity index (χ0) is 14.5. The standard InChI is InChI=1S/C15H16F2N2O/c1-3-18-8-11-6-10(2)15(19-9-11)20-12-4-5-13(16)14(17)7-12/h4-7,9,18H,3,8H2,1-2H3. The minimum absolute atomic E-state index is 0.221. The van der Waals surface area contributed by atoms with Gasteiger partial charge in [0.25, 0.3) is 0 Å². The van der Waals surface area contributed by atoms with Gasteiger partial charge < -0.3 is 10.1 Å². The highest BCUT2D eigenvalue weighted by atomic mass is 19.2. The first-order chi connectivity index (χ1) is 9.60. The van der Waals surface area contributed by atoms with Crippen molar-refractivity contribution in [1.29, 1.82) is 0 Å². The first-order valence-corrected chi connectivity index (χ1v) is 6.39. The molecule has 0 atom stereocenters. The smallest absolute Gasteiger partial charge is 0.222 e. The number of hydrogen-bond donors (Lipinski definition) is 1. The van der Waals surface area contributed by atoms with Crippen LogP contribution < -0.4 is 10.1 Å². The molecule has 0 fully saturated rings. The lowest BCUT2D eigenvalue weighted by molar-refractivity contribution is 0.444. The topological polar surface area (TPSA) is 34.2 Å². The SMILES string of the molecule is CCNCc1cnc(Oc2ccc(F)c(F)c2)c(C)c1. The molecular weight excluding hydrogens is 262 g/mol. The maximum absolute atomic E-state index is 13.1. The minimum Gasteiger partial charge on any atom is -0.439 e. The molecular formula is C15H16F2N2O. The number of pyridine rings is 1. The second-order valence-electron chi connectivity index (χ2n) is 4.42. The number of nitrogens with one attached hydrogen (secondary N) is 1. The van der Waals surface area contributed by atoms with Crippen LogP contribution in [0.2, 0.25) is 0 Å². The van der Waals surface area contributed by atoms with E-state index < -0.39 is 11.6 Å². The molecule has 0 aliphatic rings. The molecule has 1 N–H and O–H groups in total. The number of rotatable bonds is 5. The fourth-order valence-electron chi connectivity index (χ4n) is 1.75. The Morgan fingerprint density at radius 1 is 1.20 bits per heavy atom. The lowest BCUT2D eigenvalue weighted by atomic mass is 10.2. The molecule has 3 nitrogen and oxygen atoms in total. The summed E-state index contributed by atoms with van der Waals surface area (Å²) in [5.41, 5.74) is 1.88. The Bertz CT molecular complexity index is 602. The van der Waals surface area contributed by atoms with Crippen molar-refractivity contribution < 1.29 is 13.5 Å². The molecule has 2 aromatic rings. The summed E-state index contributed by atoms with van der Waals surface area (Å²) in [6.45, 7) is 5.50. The van der Waals surface area contributed by atoms with Crippen LogP contribution >= 0.6 is 0 Å². The summed E-state index contributed by atoms with van der Waals surface area (Å²) in [5.74, 6) is -1.23. The number of benzene rings is 1. The maximum Gasteiger partial charge on any atom is 0.222 e. The average Bonchev–Trinajstić information content (AvgIpc) is 2.43. The van der Waals surface area contributed by atoms with Crippen LogP contribution in [0.4, 0.5) is 8.78 Å². The summed E-state index contributed by atoms with van der Waals surface area (Å²) >= 11 is 0. The van der Waals surface area contributed by atoms with Crippen LogP contribution in [0.3, 0.4) is 0 Å². The molecule has 0 radical (unpaired) electrons. The van der Waals surface area contributed by atoms with Gasteiger partial charge in [-0.05, 0) is 37.2 Å². The van der Waals surface area contributed by atoms with E-state index in [1.54, 1.807) is 6.20 Å². The van der Waals surface area contributed by atoms with Crippen LogP contribution in [-0.4, -0.2) is 11.5 Å². The summed E-state index contributed by atoms with van der Waals surface area (Å²) < 4.78 is 31.4. The third-order valence-electron chi connectivity index (χ3n) is 2.77. The van der Waals surface area contributed by atoms with E-state index in [2.05, 4.69) is 10.3 Å². The van der Waals surface area contributed by atoms with Crippen molar-refractivity contribution >= 4 is 0 Å². The molecule has 0 aliphatic heterocycles. The predicted molar refractivity (Wildman–Crippen MR) is 72.8 cm³/mol. The normalized spacial score (nSPS) is 10.6. The van der Waals surface area contributed by atoms with E-state index in [-0.39, 0.29) is 5.75 Å². The van der Waals surface area contributed by atoms with Gasteiger partial charge in [-0.2, -0.15) is 0 Å². The minimum atomic E-state index is -0.941. The number of aromatic nitrogens is 1. The van der Waals surface area contributed by atoms with Gasteiger partial charge in [-0.15, -0.1) is 0 Å². The molecule has 106 valence electrons. The largest absolute Gasteiger partial charge is 0.439 e. The molecule has 0 saturated carbocycles. The van der Waals surface area contributed by atoms with Crippen LogP contribution in [0.1, 0.15) is 18.1 Å². The molecule has 0 amide bonds. The van der Waals surface area contributed by atoms with Crippen molar-refractivity contribution in [2.24, 2.45) is 0 Å². The molecule has 5 heteroatoms. The molecule has 20 heavy (non-hydrogen) atoms. The Hall–Kier alpha value is -2.01. The van der Waals surface area contributed by atoms with E-state index in [9.17, 15) is 8.78 Å². The van der Waals surface area contributed by atoms with E-state index in [0.717, 1.165) is 36.3 Å². The van der Waals surface area contributed by atoms with Crippen molar-refractivity contribution in [3.8, 4) is 11.6 Å². The lowest BCUT2D eigenvalue weighted by Gasteiger charge is -2.09. The molecule has 1 aromatic heterocycles. The number of ether oxygens (including phenoxy) is 1. The van der Waals surface area contributed by atoms with Crippen molar-refractivity contribution in [2.75, 3.05) is 6.54 Å². The quantitative estimate of drug-likeness (QED) is 0.908. The van der Waals surface area contributed by atoms with Gasteiger partial charge in [-0.1, -0.05) is 6.92 Å². The number of halogens is 2. The Morgan fingerprint density at radius 2 is 2.00 bits per heavy atom. The van der Waals surface area contributed by atoms with Crippen LogP contribution in [0.5, 0.6) is 11.6 Å². The fourth-order valence-corrected chi connectivity index (χ4v) is 1.75. The third kappa shape index (κ3) is 3.51. The van der Waals surface area contributed by atoms with Crippen LogP contribution in [0.15, 0.2) is 30.5 Å². The molecule has 0 spiro atoms. The number of aryl methyl sites for hydroxylation is 1. The molecule has 0 unspecified atom stereocenters. The van der Waals surface area contributed by atoms with Gasteiger partial charge in [0, 0.05) is 24.4 Å². The van der Waals surface area contributed by atoms with Crippen LogP contribution in [0.25, 0.3) is 0 Å². The van der Waals surface area contributed by atoms with E-state index in [1.165, 1.54) is 6.07 Å². The second-order valence-corrected chi connectivity index (χ2v) is 4.42. The highest BCUT2D eigenvalue weighted by Crippen LogP contribution is 2.24. The predicted octanol–water partition coefficient (Wildman–Crippen LogP) is 3.57. The Balaban J connectivity index is 2.14. The van der Waals surface area contributed by atoms with Crippen molar-refractivity contribution in [1.82, 2.24) is 10.3 Å². The fraction of sp³-hybridized carbons (Fsp3) is 0.267. The van der Waals surface area contributed by atoms with Crippen molar-refractivity contribution in [2.45, 2.75) is 20.4 Å². The lowest BCUT2D eigenvalue weighted by Crippen LogP contribution is -2.12. The maximum atomic E-state index is 13.1. The van der Waals surface area contributed by atoms with Gasteiger partial charge in [0.05, 0.1) is 0 Å². The molecule has 2 rings (SSSR count). The van der Waals surface area contributed by atoms with Gasteiger partial charge in [0.15, 0.2) is 11.6 Å². The number of hydrogen-bond acceptors (Lipinski definition) is 3. The van der Waals surface area contributed by atoms with Gasteiger partial charge in [-0.25, -0.2) is 13.8 Å². The van der Waals surface area contributed by atoms with Gasteiger partial charge >= 0.3 is 0 Å². The first kappa shape index (κ1) is 14.4. The Kier molecular flexibility index (Phi) is 4.63. The third-order valence-corrected chi connectivity index (χ3v) is 2.77. The summed E-state index contributed by atoms with van der Waals surface area (Å²) in [7, 11) is 0. The van der Waals surface area contributed by atoms with Crippen molar-refractivity contribution in [3.05, 3.63) is 53.2 Å². The molecule has 0 saturated heterocycles. The van der Waals surface area contributed by atoms with Gasteiger partial charge in [0.2, 0.25) is 5.88 Å². The van der Waals surface area contributed by atoms with Crippen molar-refractivity contribution in [3.63, 3.8) is 0 Å². The highest BCUT2D eigenvalue weighted by Gasteiger charge is 2.07. The summed E-state index contributed by atoms with van der Waals surface area (Å²) in [6, 6.07) is 5.35. The first-order valence-electron chi connectivity index (χ1n) is 6.39. The zero-order valence-corrected chi connectivity index (χ0v) is 11.4. The van der Waals surface area contributed by atoms with E-state index in [1.807, 2.05) is 19.9 Å². The molecule has 1 heterocycles. The van der Waals surface area contributed by atoms with Crippen LogP contribution in [0, 0.1) is 18.6 Å². The number of nitrogens with zero attached hydrogens (tertiary/aromatic N) is 1. The van der Waals surface area contributed by atoms with Gasteiger partial charge in [-0.3, -0.25) is 0 Å². The van der Waals surface area contributed by atoms with E-state index in [4.69, 9.17) is 4.74 Å². The summed E-state index contributed by atoms with van der Waals surface area (Å²) in [6.07, 6.45) is 1.70. The van der Waals surface area contributed by atoms with E-state index in [0.29, 0.717) is 5.88 Å². The Labute approximate surface area is 116 Å². The van der Waals surface area contributed by atoms with Gasteiger partial charge in [0.1, 0.15) is 5.75 Å². The average molecular weight is 278 g/mol. The summed E-state index contributed by atoms with van der Waals surface area (Å²) in [5, 5.41) is 3.20. The molecule has 0 bridgehead atoms. The monoisotopic (exact) mass is 278 g/mol. The highest BCUT2D eigenvalue weighted by molar-refractivity contribution is 5.34. The zero-order valence-electron chi connectivity index (χ0n) is 11.4. The second kappa shape index (κ2) is 6.43. The molecule has 1 aromatic carbocycles. The Morgan fingerprint density at radius 3 is 2.65 bits per heavy atom.